The average Bonchev–Trinajstić information content (AvgIpc) is 3.23. The van der Waals surface area contributed by atoms with Crippen molar-refractivity contribution in [1.29, 1.82) is 5.26 Å². The van der Waals surface area contributed by atoms with Gasteiger partial charge in [-0.25, -0.2) is 0 Å². The van der Waals surface area contributed by atoms with Crippen LogP contribution in [0.25, 0.3) is 0 Å². The first-order chi connectivity index (χ1) is 16.4. The highest BCUT2D eigenvalue weighted by Crippen LogP contribution is 2.44. The summed E-state index contributed by atoms with van der Waals surface area (Å²) in [7, 11) is 0. The summed E-state index contributed by atoms with van der Waals surface area (Å²) in [6.45, 7) is 1.80. The topological polar surface area (TPSA) is 91.0 Å². The van der Waals surface area contributed by atoms with Crippen LogP contribution in [-0.2, 0) is 12.5 Å². The zero-order valence-corrected chi connectivity index (χ0v) is 18.0. The van der Waals surface area contributed by atoms with Crippen molar-refractivity contribution in [2.24, 2.45) is 0 Å². The minimum Gasteiger partial charge on any atom is -0.322 e. The first kappa shape index (κ1) is 23.9. The van der Waals surface area contributed by atoms with Crippen molar-refractivity contribution in [1.82, 2.24) is 9.78 Å². The lowest BCUT2D eigenvalue weighted by Crippen LogP contribution is -2.47. The molecule has 2 aromatic carbocycles. The molecule has 0 saturated carbocycles. The van der Waals surface area contributed by atoms with E-state index in [0.717, 1.165) is 12.1 Å². The molecule has 12 heteroatoms. The molecule has 1 unspecified atom stereocenters. The number of hydrogen-bond donors (Lipinski definition) is 1. The molecule has 0 spiro atoms. The molecule has 0 aliphatic carbocycles. The van der Waals surface area contributed by atoms with Crippen molar-refractivity contribution in [3.63, 3.8) is 0 Å². The van der Waals surface area contributed by atoms with Gasteiger partial charge in [0.05, 0.1) is 36.0 Å². The predicted molar refractivity (Wildman–Crippen MR) is 114 cm³/mol. The number of rotatable bonds is 4. The molecule has 1 N–H and O–H groups in total. The van der Waals surface area contributed by atoms with Crippen LogP contribution in [0.1, 0.15) is 38.9 Å². The maximum Gasteiger partial charge on any atom is 0.458 e. The highest BCUT2D eigenvalue weighted by molar-refractivity contribution is 6.15. The average molecular weight is 489 g/mol. The van der Waals surface area contributed by atoms with Crippen LogP contribution < -0.4 is 10.2 Å². The van der Waals surface area contributed by atoms with E-state index in [4.69, 9.17) is 5.26 Å². The molecular weight excluding hydrogens is 473 g/mol. The molecular formula is C23H16F5N5O2. The van der Waals surface area contributed by atoms with Crippen LogP contribution in [0.5, 0.6) is 0 Å². The number of nitrogens with zero attached hydrogens (tertiary/aromatic N) is 4. The van der Waals surface area contributed by atoms with Crippen LogP contribution in [0.2, 0.25) is 0 Å². The van der Waals surface area contributed by atoms with Crippen molar-refractivity contribution in [3.8, 4) is 6.07 Å². The van der Waals surface area contributed by atoms with Crippen molar-refractivity contribution in [2.45, 2.75) is 31.6 Å². The Balaban J connectivity index is 1.63. The van der Waals surface area contributed by atoms with Crippen molar-refractivity contribution in [3.05, 3.63) is 77.1 Å². The zero-order valence-electron chi connectivity index (χ0n) is 18.0. The third-order valence-corrected chi connectivity index (χ3v) is 5.50. The number of alkyl halides is 5. The van der Waals surface area contributed by atoms with Gasteiger partial charge in [0.25, 0.3) is 11.8 Å². The second-order valence-corrected chi connectivity index (χ2v) is 7.88. The predicted octanol–water partition coefficient (Wildman–Crippen LogP) is 4.71. The standard InChI is InChI=1S/C23H16F5N5O2/c1-13-12-32-19(18(11-30-32)20(34)31-16-4-2-3-14(9-16)10-29)21(35)33(13)17-7-5-15(6-8-17)22(24,25)23(26,27)28/h2-9,11,13H,12H2,1H3,(H,31,34). The number of benzene rings is 2. The molecule has 2 heterocycles. The highest BCUT2D eigenvalue weighted by atomic mass is 19.4. The van der Waals surface area contributed by atoms with E-state index in [1.54, 1.807) is 25.1 Å². The molecule has 0 bridgehead atoms. The summed E-state index contributed by atoms with van der Waals surface area (Å²) in [5.74, 6) is -6.38. The summed E-state index contributed by atoms with van der Waals surface area (Å²) >= 11 is 0. The quantitative estimate of drug-likeness (QED) is 0.538. The fourth-order valence-electron chi connectivity index (χ4n) is 3.79. The zero-order chi connectivity index (χ0) is 25.5. The molecule has 0 radical (unpaired) electrons. The minimum atomic E-state index is -5.76. The van der Waals surface area contributed by atoms with Gasteiger partial charge >= 0.3 is 12.1 Å². The fraction of sp³-hybridized carbons (Fsp3) is 0.217. The van der Waals surface area contributed by atoms with Crippen LogP contribution in [0.3, 0.4) is 0 Å². The van der Waals surface area contributed by atoms with Crippen LogP contribution >= 0.6 is 0 Å². The van der Waals surface area contributed by atoms with E-state index in [1.807, 2.05) is 6.07 Å². The van der Waals surface area contributed by atoms with Gasteiger partial charge in [0, 0.05) is 16.9 Å². The second-order valence-electron chi connectivity index (χ2n) is 7.88. The molecule has 1 aliphatic heterocycles. The van der Waals surface area contributed by atoms with E-state index in [9.17, 15) is 31.5 Å². The summed E-state index contributed by atoms with van der Waals surface area (Å²) in [5.41, 5.74) is -0.657. The molecule has 1 aliphatic rings. The third-order valence-electron chi connectivity index (χ3n) is 5.50. The summed E-state index contributed by atoms with van der Waals surface area (Å²) in [6, 6.07) is 10.8. The Morgan fingerprint density at radius 3 is 2.46 bits per heavy atom. The lowest BCUT2D eigenvalue weighted by atomic mass is 10.0. The largest absolute Gasteiger partial charge is 0.458 e. The van der Waals surface area contributed by atoms with Gasteiger partial charge in [-0.2, -0.15) is 32.3 Å². The number of halogens is 5. The number of hydrogen-bond acceptors (Lipinski definition) is 4. The Kier molecular flexibility index (Phi) is 5.80. The van der Waals surface area contributed by atoms with Crippen molar-refractivity contribution < 1.29 is 31.5 Å². The maximum absolute atomic E-state index is 13.6. The first-order valence-electron chi connectivity index (χ1n) is 10.2. The highest BCUT2D eigenvalue weighted by Gasteiger charge is 2.58. The molecule has 0 saturated heterocycles. The summed E-state index contributed by atoms with van der Waals surface area (Å²) < 4.78 is 66.6. The smallest absolute Gasteiger partial charge is 0.322 e. The van der Waals surface area contributed by atoms with Gasteiger partial charge in [-0.1, -0.05) is 18.2 Å². The Hall–Kier alpha value is -4.27. The van der Waals surface area contributed by atoms with Crippen molar-refractivity contribution in [2.75, 3.05) is 10.2 Å². The van der Waals surface area contributed by atoms with Gasteiger partial charge in [-0.05, 0) is 37.3 Å². The van der Waals surface area contributed by atoms with Crippen LogP contribution in [0.15, 0.2) is 54.7 Å². The van der Waals surface area contributed by atoms with E-state index < -0.39 is 35.5 Å². The number of nitriles is 1. The molecule has 2 amide bonds. The molecule has 7 nitrogen and oxygen atoms in total. The molecule has 1 atom stereocenters. The summed E-state index contributed by atoms with van der Waals surface area (Å²) in [5, 5.41) is 15.7. The van der Waals surface area contributed by atoms with Gasteiger partial charge < -0.3 is 10.2 Å². The lowest BCUT2D eigenvalue weighted by Gasteiger charge is -2.34. The Bertz CT molecular complexity index is 1340. The SMILES string of the molecule is CC1Cn2ncc(C(=O)Nc3cccc(C#N)c3)c2C(=O)N1c1ccc(C(F)(F)C(F)(F)F)cc1. The van der Waals surface area contributed by atoms with E-state index in [-0.39, 0.29) is 23.5 Å². The van der Waals surface area contributed by atoms with Gasteiger partial charge in [0.2, 0.25) is 0 Å². The van der Waals surface area contributed by atoms with Crippen LogP contribution in [-0.4, -0.2) is 33.8 Å². The number of carbonyl (C=O) groups excluding carboxylic acids is 2. The van der Waals surface area contributed by atoms with Gasteiger partial charge in [0.1, 0.15) is 5.69 Å². The van der Waals surface area contributed by atoms with Gasteiger partial charge in [-0.15, -0.1) is 0 Å². The lowest BCUT2D eigenvalue weighted by molar-refractivity contribution is -0.289. The monoisotopic (exact) mass is 489 g/mol. The maximum atomic E-state index is 13.6. The number of amides is 2. The Morgan fingerprint density at radius 2 is 1.83 bits per heavy atom. The van der Waals surface area contributed by atoms with Gasteiger partial charge in [0.15, 0.2) is 0 Å². The van der Waals surface area contributed by atoms with Gasteiger partial charge in [-0.3, -0.25) is 14.3 Å². The third kappa shape index (κ3) is 4.21. The Morgan fingerprint density at radius 1 is 1.14 bits per heavy atom. The van der Waals surface area contributed by atoms with Crippen LogP contribution in [0.4, 0.5) is 33.3 Å². The molecule has 35 heavy (non-hydrogen) atoms. The normalized spacial score (nSPS) is 16.0. The summed E-state index contributed by atoms with van der Waals surface area (Å²) in [6.07, 6.45) is -4.55. The molecule has 3 aromatic rings. The minimum absolute atomic E-state index is 0.0607. The van der Waals surface area contributed by atoms with E-state index in [2.05, 4.69) is 10.4 Å². The van der Waals surface area contributed by atoms with E-state index in [0.29, 0.717) is 23.4 Å². The second kappa shape index (κ2) is 8.50. The number of fused-ring (bicyclic) bond motifs is 1. The fourth-order valence-corrected chi connectivity index (χ4v) is 3.79. The van der Waals surface area contributed by atoms with Crippen molar-refractivity contribution >= 4 is 23.2 Å². The number of aromatic nitrogens is 2. The number of nitrogens with one attached hydrogen (secondary N) is 1. The number of anilines is 2. The molecule has 180 valence electrons. The Labute approximate surface area is 195 Å². The molecule has 4 rings (SSSR count). The summed E-state index contributed by atoms with van der Waals surface area (Å²) in [4.78, 5) is 27.4. The van der Waals surface area contributed by atoms with E-state index >= 15 is 0 Å². The van der Waals surface area contributed by atoms with E-state index in [1.165, 1.54) is 21.8 Å². The molecule has 1 aromatic heterocycles. The van der Waals surface area contributed by atoms with Crippen LogP contribution in [0, 0.1) is 11.3 Å². The first-order valence-corrected chi connectivity index (χ1v) is 10.2. The number of carbonyl (C=O) groups is 2. The molecule has 0 fully saturated rings.